The first kappa shape index (κ1) is 19.9. The predicted molar refractivity (Wildman–Crippen MR) is 108 cm³/mol. The Bertz CT molecular complexity index is 1070. The van der Waals surface area contributed by atoms with Gasteiger partial charge in [-0.05, 0) is 61.4 Å². The number of carbonyl (C=O) groups is 3. The molecule has 0 aliphatic carbocycles. The van der Waals surface area contributed by atoms with E-state index in [2.05, 4.69) is 10.6 Å². The number of amides is 2. The largest absolute Gasteiger partial charge is 0.465 e. The molecule has 7 nitrogen and oxygen atoms in total. The maximum atomic E-state index is 12.7. The highest BCUT2D eigenvalue weighted by Gasteiger charge is 2.15. The molecule has 2 N–H and O–H groups in total. The smallest absolute Gasteiger partial charge is 0.337 e. The highest BCUT2D eigenvalue weighted by atomic mass is 16.5. The first-order valence-electron chi connectivity index (χ1n) is 8.85. The summed E-state index contributed by atoms with van der Waals surface area (Å²) < 4.78 is 9.81. The van der Waals surface area contributed by atoms with Gasteiger partial charge in [-0.15, -0.1) is 0 Å². The van der Waals surface area contributed by atoms with Gasteiger partial charge in [0.25, 0.3) is 11.8 Å². The van der Waals surface area contributed by atoms with Crippen molar-refractivity contribution in [3.8, 4) is 0 Å². The lowest BCUT2D eigenvalue weighted by molar-refractivity contribution is 0.0600. The molecular formula is C22H20N2O5. The summed E-state index contributed by atoms with van der Waals surface area (Å²) in [5.74, 6) is -1.09. The number of carbonyl (C=O) groups excluding carboxylic acids is 3. The maximum Gasteiger partial charge on any atom is 0.337 e. The molecule has 148 valence electrons. The molecule has 0 atom stereocenters. The van der Waals surface area contributed by atoms with Gasteiger partial charge in [0.2, 0.25) is 0 Å². The van der Waals surface area contributed by atoms with Crippen molar-refractivity contribution >= 4 is 29.2 Å². The average Bonchev–Trinajstić information content (AvgIpc) is 3.25. The van der Waals surface area contributed by atoms with Crippen LogP contribution in [0.25, 0.3) is 0 Å². The second-order valence-electron chi connectivity index (χ2n) is 6.44. The molecule has 0 aliphatic rings. The van der Waals surface area contributed by atoms with E-state index in [0.717, 1.165) is 11.1 Å². The fraction of sp³-hybridized carbons (Fsp3) is 0.136. The standard InChI is InChI=1S/C22H20N2O5/c1-13-6-8-15(11-17(13)24-21(26)19-5-4-10-29-19)20(25)23-18-12-16(22(27)28-3)9-7-14(18)2/h4-12H,1-3H3,(H,23,25)(H,24,26). The van der Waals surface area contributed by atoms with Crippen LogP contribution in [0.5, 0.6) is 0 Å². The number of methoxy groups -OCH3 is 1. The Labute approximate surface area is 167 Å². The van der Waals surface area contributed by atoms with Gasteiger partial charge in [-0.1, -0.05) is 12.1 Å². The van der Waals surface area contributed by atoms with Gasteiger partial charge in [-0.3, -0.25) is 9.59 Å². The van der Waals surface area contributed by atoms with Crippen molar-refractivity contribution in [3.05, 3.63) is 82.8 Å². The van der Waals surface area contributed by atoms with Gasteiger partial charge in [-0.25, -0.2) is 4.79 Å². The first-order chi connectivity index (χ1) is 13.9. The molecule has 29 heavy (non-hydrogen) atoms. The van der Waals surface area contributed by atoms with Crippen molar-refractivity contribution in [1.29, 1.82) is 0 Å². The molecule has 0 aliphatic heterocycles. The molecule has 3 rings (SSSR count). The van der Waals surface area contributed by atoms with Crippen molar-refractivity contribution in [2.75, 3.05) is 17.7 Å². The minimum Gasteiger partial charge on any atom is -0.465 e. The molecule has 0 spiro atoms. The maximum absolute atomic E-state index is 12.7. The molecule has 0 saturated heterocycles. The van der Waals surface area contributed by atoms with Gasteiger partial charge in [-0.2, -0.15) is 0 Å². The molecule has 0 radical (unpaired) electrons. The molecule has 2 aromatic carbocycles. The summed E-state index contributed by atoms with van der Waals surface area (Å²) in [6.07, 6.45) is 1.41. The number of nitrogens with one attached hydrogen (secondary N) is 2. The van der Waals surface area contributed by atoms with Gasteiger partial charge in [0, 0.05) is 16.9 Å². The van der Waals surface area contributed by atoms with Crippen LogP contribution in [0.1, 0.15) is 42.4 Å². The Morgan fingerprint density at radius 3 is 2.00 bits per heavy atom. The van der Waals surface area contributed by atoms with Crippen LogP contribution in [0.4, 0.5) is 11.4 Å². The fourth-order valence-electron chi connectivity index (χ4n) is 2.69. The number of furan rings is 1. The van der Waals surface area contributed by atoms with Crippen LogP contribution in [0.2, 0.25) is 0 Å². The summed E-state index contributed by atoms with van der Waals surface area (Å²) in [5.41, 5.74) is 3.28. The lowest BCUT2D eigenvalue weighted by atomic mass is 10.1. The first-order valence-corrected chi connectivity index (χ1v) is 8.85. The molecule has 0 saturated carbocycles. The highest BCUT2D eigenvalue weighted by molar-refractivity contribution is 6.07. The van der Waals surface area contributed by atoms with Crippen LogP contribution < -0.4 is 10.6 Å². The number of anilines is 2. The molecule has 0 bridgehead atoms. The molecule has 0 unspecified atom stereocenters. The van der Waals surface area contributed by atoms with Gasteiger partial charge >= 0.3 is 5.97 Å². The number of hydrogen-bond donors (Lipinski definition) is 2. The summed E-state index contributed by atoms with van der Waals surface area (Å²) in [6.45, 7) is 3.64. The third kappa shape index (κ3) is 4.52. The Kier molecular flexibility index (Phi) is 5.78. The third-order valence-electron chi connectivity index (χ3n) is 4.40. The van der Waals surface area contributed by atoms with Crippen LogP contribution in [0.3, 0.4) is 0 Å². The summed E-state index contributed by atoms with van der Waals surface area (Å²) in [6, 6.07) is 13.1. The Hall–Kier alpha value is -3.87. The van der Waals surface area contributed by atoms with Crippen LogP contribution in [-0.2, 0) is 4.74 Å². The van der Waals surface area contributed by atoms with Gasteiger partial charge in [0.1, 0.15) is 0 Å². The molecule has 7 heteroatoms. The van der Waals surface area contributed by atoms with Crippen molar-refractivity contribution < 1.29 is 23.5 Å². The number of benzene rings is 2. The van der Waals surface area contributed by atoms with E-state index >= 15 is 0 Å². The predicted octanol–water partition coefficient (Wildman–Crippen LogP) is 4.19. The Balaban J connectivity index is 1.81. The van der Waals surface area contributed by atoms with E-state index in [1.165, 1.54) is 13.4 Å². The van der Waals surface area contributed by atoms with Crippen molar-refractivity contribution in [2.45, 2.75) is 13.8 Å². The van der Waals surface area contributed by atoms with Crippen LogP contribution in [0.15, 0.2) is 59.2 Å². The van der Waals surface area contributed by atoms with E-state index in [-0.39, 0.29) is 11.7 Å². The quantitative estimate of drug-likeness (QED) is 0.635. The number of hydrogen-bond acceptors (Lipinski definition) is 5. The normalized spacial score (nSPS) is 10.3. The average molecular weight is 392 g/mol. The number of ether oxygens (including phenoxy) is 1. The van der Waals surface area contributed by atoms with Crippen molar-refractivity contribution in [1.82, 2.24) is 0 Å². The lowest BCUT2D eigenvalue weighted by Crippen LogP contribution is -2.16. The molecule has 0 fully saturated rings. The van der Waals surface area contributed by atoms with Gasteiger partial charge < -0.3 is 19.8 Å². The molecule has 3 aromatic rings. The van der Waals surface area contributed by atoms with E-state index in [1.54, 1.807) is 48.5 Å². The summed E-state index contributed by atoms with van der Waals surface area (Å²) in [4.78, 5) is 36.7. The Morgan fingerprint density at radius 2 is 1.41 bits per heavy atom. The minimum atomic E-state index is -0.487. The van der Waals surface area contributed by atoms with E-state index in [0.29, 0.717) is 22.5 Å². The van der Waals surface area contributed by atoms with Crippen molar-refractivity contribution in [3.63, 3.8) is 0 Å². The van der Waals surface area contributed by atoms with Crippen LogP contribution >= 0.6 is 0 Å². The fourth-order valence-corrected chi connectivity index (χ4v) is 2.69. The highest BCUT2D eigenvalue weighted by Crippen LogP contribution is 2.22. The second kappa shape index (κ2) is 8.43. The number of aryl methyl sites for hydroxylation is 2. The molecule has 2 amide bonds. The summed E-state index contributed by atoms with van der Waals surface area (Å²) in [7, 11) is 1.30. The third-order valence-corrected chi connectivity index (χ3v) is 4.40. The zero-order valence-corrected chi connectivity index (χ0v) is 16.2. The SMILES string of the molecule is COC(=O)c1ccc(C)c(NC(=O)c2ccc(C)c(NC(=O)c3ccco3)c2)c1. The molecular weight excluding hydrogens is 372 g/mol. The molecule has 1 aromatic heterocycles. The van der Waals surface area contributed by atoms with E-state index in [1.807, 2.05) is 13.8 Å². The Morgan fingerprint density at radius 1 is 0.828 bits per heavy atom. The van der Waals surface area contributed by atoms with E-state index in [9.17, 15) is 14.4 Å². The second-order valence-corrected chi connectivity index (χ2v) is 6.44. The summed E-state index contributed by atoms with van der Waals surface area (Å²) in [5, 5.41) is 5.54. The van der Waals surface area contributed by atoms with Gasteiger partial charge in [0.15, 0.2) is 5.76 Å². The summed E-state index contributed by atoms with van der Waals surface area (Å²) >= 11 is 0. The van der Waals surface area contributed by atoms with E-state index < -0.39 is 11.9 Å². The topological polar surface area (TPSA) is 97.6 Å². The van der Waals surface area contributed by atoms with Crippen LogP contribution in [-0.4, -0.2) is 24.9 Å². The number of rotatable bonds is 5. The number of esters is 1. The van der Waals surface area contributed by atoms with Crippen molar-refractivity contribution in [2.24, 2.45) is 0 Å². The van der Waals surface area contributed by atoms with Crippen LogP contribution in [0, 0.1) is 13.8 Å². The molecule has 1 heterocycles. The zero-order valence-electron chi connectivity index (χ0n) is 16.2. The zero-order chi connectivity index (χ0) is 21.0. The monoisotopic (exact) mass is 392 g/mol. The van der Waals surface area contributed by atoms with E-state index in [4.69, 9.17) is 9.15 Å². The van der Waals surface area contributed by atoms with Gasteiger partial charge in [0.05, 0.1) is 18.9 Å². The lowest BCUT2D eigenvalue weighted by Gasteiger charge is -2.12. The minimum absolute atomic E-state index is 0.175.